The van der Waals surface area contributed by atoms with Crippen LogP contribution < -0.4 is 9.47 Å². The molecule has 0 aliphatic carbocycles. The topological polar surface area (TPSA) is 73.7 Å². The van der Waals surface area contributed by atoms with Crippen LogP contribution >= 0.6 is 0 Å². The molecule has 0 atom stereocenters. The van der Waals surface area contributed by atoms with Gasteiger partial charge >= 0.3 is 0 Å². The first-order valence-corrected chi connectivity index (χ1v) is 7.48. The number of aldehydes is 1. The van der Waals surface area contributed by atoms with Gasteiger partial charge in [-0.3, -0.25) is 14.8 Å². The number of hydrogen-bond acceptors (Lipinski definition) is 6. The summed E-state index contributed by atoms with van der Waals surface area (Å²) in [6, 6.07) is 5.36. The summed E-state index contributed by atoms with van der Waals surface area (Å²) in [5, 5.41) is 0. The lowest BCUT2D eigenvalue weighted by molar-refractivity contribution is 0.111. The maximum absolute atomic E-state index is 11.2. The number of ether oxygens (including phenoxy) is 2. The fourth-order valence-corrected chi connectivity index (χ4v) is 2.48. The lowest BCUT2D eigenvalue weighted by Crippen LogP contribution is -2.05. The average molecular weight is 323 g/mol. The highest BCUT2D eigenvalue weighted by Gasteiger charge is 2.15. The zero-order valence-corrected chi connectivity index (χ0v) is 13.5. The molecule has 1 aliphatic rings. The quantitative estimate of drug-likeness (QED) is 0.764. The summed E-state index contributed by atoms with van der Waals surface area (Å²) in [7, 11) is 1.50. The van der Waals surface area contributed by atoms with E-state index < -0.39 is 0 Å². The van der Waals surface area contributed by atoms with E-state index in [2.05, 4.69) is 15.0 Å². The maximum Gasteiger partial charge on any atom is 0.213 e. The number of methoxy groups -OCH3 is 1. The van der Waals surface area contributed by atoms with Crippen molar-refractivity contribution < 1.29 is 14.3 Å². The van der Waals surface area contributed by atoms with Crippen molar-refractivity contribution in [2.75, 3.05) is 13.7 Å². The summed E-state index contributed by atoms with van der Waals surface area (Å²) in [5.41, 5.74) is 4.41. The number of nitrogens with zero attached hydrogens (tertiary/aromatic N) is 3. The third kappa shape index (κ3) is 3.17. The molecule has 0 saturated heterocycles. The van der Waals surface area contributed by atoms with E-state index in [4.69, 9.17) is 9.47 Å². The van der Waals surface area contributed by atoms with Crippen LogP contribution in [0.1, 0.15) is 28.5 Å². The summed E-state index contributed by atoms with van der Waals surface area (Å²) in [4.78, 5) is 24.1. The molecule has 2 aromatic rings. The molecule has 0 bridgehead atoms. The number of aliphatic imine (C=N–C) groups is 1. The summed E-state index contributed by atoms with van der Waals surface area (Å²) < 4.78 is 10.8. The minimum atomic E-state index is 0.287. The molecule has 0 fully saturated rings. The van der Waals surface area contributed by atoms with Gasteiger partial charge in [0.1, 0.15) is 12.4 Å². The monoisotopic (exact) mass is 323 g/mol. The van der Waals surface area contributed by atoms with Gasteiger partial charge in [-0.25, -0.2) is 4.98 Å². The van der Waals surface area contributed by atoms with Gasteiger partial charge in [-0.2, -0.15) is 0 Å². The number of hydrogen-bond donors (Lipinski definition) is 0. The van der Waals surface area contributed by atoms with E-state index in [-0.39, 0.29) is 6.61 Å². The van der Waals surface area contributed by atoms with Crippen molar-refractivity contribution in [1.82, 2.24) is 9.97 Å². The highest BCUT2D eigenvalue weighted by Crippen LogP contribution is 2.26. The van der Waals surface area contributed by atoms with Crippen LogP contribution in [0.2, 0.25) is 0 Å². The van der Waals surface area contributed by atoms with Gasteiger partial charge in [-0.1, -0.05) is 6.07 Å². The van der Waals surface area contributed by atoms with Crippen LogP contribution in [0.3, 0.4) is 0 Å². The third-order valence-electron chi connectivity index (χ3n) is 3.78. The molecular formula is C18H17N3O3. The molecule has 24 heavy (non-hydrogen) atoms. The van der Waals surface area contributed by atoms with Crippen molar-refractivity contribution in [1.29, 1.82) is 0 Å². The molecule has 0 N–H and O–H groups in total. The van der Waals surface area contributed by atoms with Crippen LogP contribution in [-0.4, -0.2) is 36.1 Å². The zero-order valence-electron chi connectivity index (χ0n) is 13.5. The van der Waals surface area contributed by atoms with Gasteiger partial charge in [-0.05, 0) is 18.6 Å². The van der Waals surface area contributed by atoms with Crippen LogP contribution in [0.4, 0.5) is 0 Å². The van der Waals surface area contributed by atoms with Gasteiger partial charge in [0.05, 0.1) is 31.1 Å². The third-order valence-corrected chi connectivity index (χ3v) is 3.78. The first-order chi connectivity index (χ1) is 11.7. The first kappa shape index (κ1) is 15.9. The Hall–Kier alpha value is -3.02. The van der Waals surface area contributed by atoms with Gasteiger partial charge in [0.25, 0.3) is 0 Å². The van der Waals surface area contributed by atoms with Gasteiger partial charge in [0.15, 0.2) is 6.29 Å². The van der Waals surface area contributed by atoms with Gasteiger partial charge < -0.3 is 9.47 Å². The van der Waals surface area contributed by atoms with Gasteiger partial charge in [0.2, 0.25) is 5.88 Å². The number of rotatable bonds is 6. The Bertz CT molecular complexity index is 828. The van der Waals surface area contributed by atoms with Crippen molar-refractivity contribution in [3.05, 3.63) is 53.0 Å². The normalized spacial score (nSPS) is 13.2. The van der Waals surface area contributed by atoms with Crippen molar-refractivity contribution >= 4 is 18.1 Å². The smallest absolute Gasteiger partial charge is 0.213 e. The van der Waals surface area contributed by atoms with Crippen LogP contribution in [0.15, 0.2) is 41.2 Å². The van der Waals surface area contributed by atoms with Crippen molar-refractivity contribution in [3.8, 4) is 11.6 Å². The predicted molar refractivity (Wildman–Crippen MR) is 90.7 cm³/mol. The Morgan fingerprint density at radius 3 is 2.92 bits per heavy atom. The number of allylic oxidation sites excluding steroid dienone is 1. The van der Waals surface area contributed by atoms with E-state index in [1.54, 1.807) is 12.3 Å². The SMILES string of the molecule is COc1cc(C=O)c(OCc2cccnc2C2=C(C)C=NC2)cn1. The molecule has 0 aromatic carbocycles. The molecule has 0 radical (unpaired) electrons. The number of aromatic nitrogens is 2. The van der Waals surface area contributed by atoms with Crippen LogP contribution in [0.25, 0.3) is 5.57 Å². The zero-order chi connectivity index (χ0) is 16.9. The van der Waals surface area contributed by atoms with Crippen LogP contribution in [-0.2, 0) is 6.61 Å². The highest BCUT2D eigenvalue weighted by atomic mass is 16.5. The van der Waals surface area contributed by atoms with Gasteiger partial charge in [-0.15, -0.1) is 0 Å². The van der Waals surface area contributed by atoms with E-state index in [1.807, 2.05) is 25.3 Å². The molecular weight excluding hydrogens is 306 g/mol. The second kappa shape index (κ2) is 7.04. The highest BCUT2D eigenvalue weighted by molar-refractivity contribution is 5.94. The predicted octanol–water partition coefficient (Wildman–Crippen LogP) is 2.73. The van der Waals surface area contributed by atoms with E-state index in [9.17, 15) is 4.79 Å². The van der Waals surface area contributed by atoms with Crippen molar-refractivity contribution in [2.24, 2.45) is 4.99 Å². The second-order valence-electron chi connectivity index (χ2n) is 5.31. The molecule has 3 rings (SSSR count). The Kier molecular flexibility index (Phi) is 4.65. The Morgan fingerprint density at radius 2 is 2.21 bits per heavy atom. The van der Waals surface area contributed by atoms with Crippen molar-refractivity contribution in [2.45, 2.75) is 13.5 Å². The van der Waals surface area contributed by atoms with Crippen LogP contribution in [0, 0.1) is 0 Å². The molecule has 0 unspecified atom stereocenters. The van der Waals surface area contributed by atoms with E-state index >= 15 is 0 Å². The average Bonchev–Trinajstić information content (AvgIpc) is 3.05. The van der Waals surface area contributed by atoms with E-state index in [1.165, 1.54) is 13.3 Å². The minimum absolute atomic E-state index is 0.287. The minimum Gasteiger partial charge on any atom is -0.486 e. The molecule has 2 aromatic heterocycles. The molecule has 0 amide bonds. The summed E-state index contributed by atoms with van der Waals surface area (Å²) >= 11 is 0. The van der Waals surface area contributed by atoms with E-state index in [0.717, 1.165) is 28.7 Å². The first-order valence-electron chi connectivity index (χ1n) is 7.48. The summed E-state index contributed by atoms with van der Waals surface area (Å²) in [6.45, 7) is 2.93. The number of pyridine rings is 2. The Balaban J connectivity index is 1.84. The van der Waals surface area contributed by atoms with Gasteiger partial charge in [0, 0.05) is 29.6 Å². The summed E-state index contributed by atoms with van der Waals surface area (Å²) in [5.74, 6) is 0.782. The standard InChI is InChI=1S/C18H17N3O3/c1-12-7-19-8-15(12)18-13(4-3-5-20-18)11-24-16-9-21-17(23-2)6-14(16)10-22/h3-7,9-10H,8,11H2,1-2H3. The van der Waals surface area contributed by atoms with E-state index in [0.29, 0.717) is 23.7 Å². The molecule has 6 heteroatoms. The lowest BCUT2D eigenvalue weighted by Gasteiger charge is -2.12. The number of carbonyl (C=O) groups is 1. The van der Waals surface area contributed by atoms with Crippen LogP contribution in [0.5, 0.6) is 11.6 Å². The summed E-state index contributed by atoms with van der Waals surface area (Å²) in [6.07, 6.45) is 5.82. The molecule has 0 saturated carbocycles. The molecule has 3 heterocycles. The van der Waals surface area contributed by atoms with Crippen molar-refractivity contribution in [3.63, 3.8) is 0 Å². The fourth-order valence-electron chi connectivity index (χ4n) is 2.48. The lowest BCUT2D eigenvalue weighted by atomic mass is 10.0. The maximum atomic E-state index is 11.2. The molecule has 122 valence electrons. The second-order valence-corrected chi connectivity index (χ2v) is 5.31. The Morgan fingerprint density at radius 1 is 1.33 bits per heavy atom. The largest absolute Gasteiger partial charge is 0.486 e. The molecule has 1 aliphatic heterocycles. The molecule has 6 nitrogen and oxygen atoms in total. The Labute approximate surface area is 139 Å². The number of carbonyl (C=O) groups excluding carboxylic acids is 1. The molecule has 0 spiro atoms. The fraction of sp³-hybridized carbons (Fsp3) is 0.222.